The van der Waals surface area contributed by atoms with Crippen LogP contribution in [0.3, 0.4) is 0 Å². The maximum Gasteiger partial charge on any atom is 0.191 e. The van der Waals surface area contributed by atoms with Crippen molar-refractivity contribution in [2.75, 3.05) is 13.1 Å². The van der Waals surface area contributed by atoms with Gasteiger partial charge in [-0.15, -0.1) is 0 Å². The first-order chi connectivity index (χ1) is 12.3. The van der Waals surface area contributed by atoms with Gasteiger partial charge < -0.3 is 15.7 Å². The van der Waals surface area contributed by atoms with Gasteiger partial charge in [0.2, 0.25) is 0 Å². The third-order valence-electron chi connectivity index (χ3n) is 4.13. The highest BCUT2D eigenvalue weighted by Crippen LogP contribution is 2.23. The second kappa shape index (κ2) is 9.26. The van der Waals surface area contributed by atoms with Crippen molar-refractivity contribution < 1.29 is 5.11 Å². The first-order valence-electron chi connectivity index (χ1n) is 8.47. The van der Waals surface area contributed by atoms with Crippen LogP contribution in [0.5, 0.6) is 0 Å². The molecule has 8 heteroatoms. The summed E-state index contributed by atoms with van der Waals surface area (Å²) >= 11 is 12.0. The van der Waals surface area contributed by atoms with Gasteiger partial charge in [0.1, 0.15) is 0 Å². The van der Waals surface area contributed by atoms with Crippen LogP contribution in [0.4, 0.5) is 0 Å². The monoisotopic (exact) mass is 397 g/mol. The van der Waals surface area contributed by atoms with Crippen LogP contribution >= 0.6 is 23.2 Å². The Labute approximate surface area is 164 Å². The molecular weight excluding hydrogens is 373 g/mol. The van der Waals surface area contributed by atoms with Crippen LogP contribution < -0.4 is 10.6 Å². The molecule has 1 heterocycles. The molecule has 1 atom stereocenters. The van der Waals surface area contributed by atoms with Crippen molar-refractivity contribution in [3.63, 3.8) is 0 Å². The molecule has 0 radical (unpaired) electrons. The Morgan fingerprint density at radius 1 is 1.23 bits per heavy atom. The minimum absolute atomic E-state index is 0.285. The van der Waals surface area contributed by atoms with Crippen LogP contribution in [0.2, 0.25) is 10.0 Å². The summed E-state index contributed by atoms with van der Waals surface area (Å²) in [6.07, 6.45) is -0.753. The van der Waals surface area contributed by atoms with E-state index >= 15 is 0 Å². The van der Waals surface area contributed by atoms with Crippen molar-refractivity contribution in [2.45, 2.75) is 33.4 Å². The fourth-order valence-electron chi connectivity index (χ4n) is 2.62. The Bertz CT molecular complexity index is 768. The van der Waals surface area contributed by atoms with E-state index in [0.29, 0.717) is 28.1 Å². The van der Waals surface area contributed by atoms with Crippen LogP contribution in [0.25, 0.3) is 0 Å². The van der Waals surface area contributed by atoms with E-state index in [1.165, 1.54) is 0 Å². The van der Waals surface area contributed by atoms with Crippen molar-refractivity contribution in [1.29, 1.82) is 0 Å². The normalized spacial score (nSPS) is 13.0. The lowest BCUT2D eigenvalue weighted by atomic mass is 10.1. The minimum Gasteiger partial charge on any atom is -0.387 e. The molecule has 0 fully saturated rings. The van der Waals surface area contributed by atoms with Crippen LogP contribution in [0.15, 0.2) is 23.2 Å². The quantitative estimate of drug-likeness (QED) is 0.516. The average molecular weight is 398 g/mol. The minimum atomic E-state index is -0.753. The molecule has 0 aliphatic heterocycles. The second-order valence-corrected chi connectivity index (χ2v) is 6.94. The summed E-state index contributed by atoms with van der Waals surface area (Å²) in [7, 11) is 1.92. The van der Waals surface area contributed by atoms with Gasteiger partial charge in [0.25, 0.3) is 0 Å². The van der Waals surface area contributed by atoms with E-state index in [4.69, 9.17) is 23.2 Å². The Balaban J connectivity index is 2.05. The number of rotatable bonds is 6. The summed E-state index contributed by atoms with van der Waals surface area (Å²) in [4.78, 5) is 4.60. The number of aryl methyl sites for hydroxylation is 2. The SMILES string of the molecule is CCNC(=NCc1c(C)nn(C)c1C)NCC(O)c1cc(Cl)cc(Cl)c1. The van der Waals surface area contributed by atoms with Crippen molar-refractivity contribution in [2.24, 2.45) is 12.0 Å². The topological polar surface area (TPSA) is 74.5 Å². The third-order valence-corrected chi connectivity index (χ3v) is 4.57. The van der Waals surface area contributed by atoms with Crippen molar-refractivity contribution in [1.82, 2.24) is 20.4 Å². The summed E-state index contributed by atoms with van der Waals surface area (Å²) in [6.45, 7) is 7.51. The summed E-state index contributed by atoms with van der Waals surface area (Å²) in [6, 6.07) is 5.04. The number of aliphatic hydroxyl groups is 1. The van der Waals surface area contributed by atoms with E-state index < -0.39 is 6.10 Å². The number of guanidine groups is 1. The number of halogens is 2. The first-order valence-corrected chi connectivity index (χ1v) is 9.22. The van der Waals surface area contributed by atoms with Crippen molar-refractivity contribution >= 4 is 29.2 Å². The highest BCUT2D eigenvalue weighted by atomic mass is 35.5. The number of nitrogens with zero attached hydrogens (tertiary/aromatic N) is 3. The van der Waals surface area contributed by atoms with Gasteiger partial charge in [-0.05, 0) is 44.5 Å². The van der Waals surface area contributed by atoms with E-state index in [1.54, 1.807) is 18.2 Å². The molecule has 1 unspecified atom stereocenters. The lowest BCUT2D eigenvalue weighted by molar-refractivity contribution is 0.181. The zero-order valence-electron chi connectivity index (χ0n) is 15.5. The van der Waals surface area contributed by atoms with Crippen LogP contribution in [0, 0.1) is 13.8 Å². The Morgan fingerprint density at radius 3 is 2.42 bits per heavy atom. The number of hydrogen-bond acceptors (Lipinski definition) is 3. The van der Waals surface area contributed by atoms with E-state index in [1.807, 2.05) is 32.5 Å². The molecule has 1 aromatic carbocycles. The molecule has 2 rings (SSSR count). The molecular formula is C18H25Cl2N5O. The maximum atomic E-state index is 10.4. The molecule has 0 aliphatic rings. The van der Waals surface area contributed by atoms with Gasteiger partial charge in [-0.3, -0.25) is 4.68 Å². The third kappa shape index (κ3) is 5.37. The van der Waals surface area contributed by atoms with Crippen molar-refractivity contribution in [3.05, 3.63) is 50.8 Å². The molecule has 1 aromatic heterocycles. The number of hydrogen-bond donors (Lipinski definition) is 3. The Kier molecular flexibility index (Phi) is 7.32. The van der Waals surface area contributed by atoms with E-state index in [-0.39, 0.29) is 6.54 Å². The van der Waals surface area contributed by atoms with E-state index in [9.17, 15) is 5.11 Å². The summed E-state index contributed by atoms with van der Waals surface area (Å²) < 4.78 is 1.85. The molecule has 0 amide bonds. The highest BCUT2D eigenvalue weighted by molar-refractivity contribution is 6.34. The molecule has 0 bridgehead atoms. The predicted molar refractivity (Wildman–Crippen MR) is 107 cm³/mol. The maximum absolute atomic E-state index is 10.4. The van der Waals surface area contributed by atoms with Gasteiger partial charge in [0, 0.05) is 41.4 Å². The smallest absolute Gasteiger partial charge is 0.191 e. The van der Waals surface area contributed by atoms with E-state index in [0.717, 1.165) is 23.5 Å². The van der Waals surface area contributed by atoms with Crippen LogP contribution in [-0.4, -0.2) is 33.9 Å². The highest BCUT2D eigenvalue weighted by Gasteiger charge is 2.12. The second-order valence-electron chi connectivity index (χ2n) is 6.07. The fourth-order valence-corrected chi connectivity index (χ4v) is 3.17. The number of nitrogens with one attached hydrogen (secondary N) is 2. The first kappa shape index (κ1) is 20.6. The van der Waals surface area contributed by atoms with Gasteiger partial charge in [-0.25, -0.2) is 4.99 Å². The summed E-state index contributed by atoms with van der Waals surface area (Å²) in [5.74, 6) is 0.627. The molecule has 0 spiro atoms. The zero-order chi connectivity index (χ0) is 19.3. The zero-order valence-corrected chi connectivity index (χ0v) is 17.0. The van der Waals surface area contributed by atoms with Gasteiger partial charge in [0.05, 0.1) is 18.3 Å². The Morgan fingerprint density at radius 2 is 1.88 bits per heavy atom. The lowest BCUT2D eigenvalue weighted by Crippen LogP contribution is -2.39. The molecule has 3 N–H and O–H groups in total. The number of aliphatic hydroxyl groups excluding tert-OH is 1. The lowest BCUT2D eigenvalue weighted by Gasteiger charge is -2.16. The molecule has 142 valence electrons. The van der Waals surface area contributed by atoms with Gasteiger partial charge >= 0.3 is 0 Å². The molecule has 6 nitrogen and oxygen atoms in total. The average Bonchev–Trinajstić information content (AvgIpc) is 2.81. The predicted octanol–water partition coefficient (Wildman–Crippen LogP) is 3.13. The molecule has 0 saturated carbocycles. The van der Waals surface area contributed by atoms with Crippen LogP contribution in [0.1, 0.15) is 35.5 Å². The largest absolute Gasteiger partial charge is 0.387 e. The van der Waals surface area contributed by atoms with Crippen LogP contribution in [-0.2, 0) is 13.6 Å². The number of aromatic nitrogens is 2. The molecule has 0 saturated heterocycles. The summed E-state index contributed by atoms with van der Waals surface area (Å²) in [5, 5.41) is 22.1. The Hall–Kier alpha value is -1.76. The molecule has 0 aliphatic carbocycles. The summed E-state index contributed by atoms with van der Waals surface area (Å²) in [5.41, 5.74) is 3.82. The molecule has 26 heavy (non-hydrogen) atoms. The van der Waals surface area contributed by atoms with Gasteiger partial charge in [-0.2, -0.15) is 5.10 Å². The molecule has 2 aromatic rings. The standard InChI is InChI=1S/C18H25Cl2N5O/c1-5-21-18(22-9-16-11(2)24-25(4)12(16)3)23-10-17(26)13-6-14(19)8-15(20)7-13/h6-8,17,26H,5,9-10H2,1-4H3,(H2,21,22,23). The fraction of sp³-hybridized carbons (Fsp3) is 0.444. The number of benzene rings is 1. The van der Waals surface area contributed by atoms with Crippen molar-refractivity contribution in [3.8, 4) is 0 Å². The van der Waals surface area contributed by atoms with Gasteiger partial charge in [0.15, 0.2) is 5.96 Å². The number of aliphatic imine (C=N–C) groups is 1. The van der Waals surface area contributed by atoms with Gasteiger partial charge in [-0.1, -0.05) is 23.2 Å². The van der Waals surface area contributed by atoms with E-state index in [2.05, 4.69) is 20.7 Å².